The van der Waals surface area contributed by atoms with Crippen LogP contribution >= 0.6 is 27.3 Å². The molecule has 0 bridgehead atoms. The van der Waals surface area contributed by atoms with Gasteiger partial charge in [0.15, 0.2) is 0 Å². The zero-order valence-electron chi connectivity index (χ0n) is 12.0. The lowest BCUT2D eigenvalue weighted by atomic mass is 10.0. The van der Waals surface area contributed by atoms with Crippen LogP contribution in [0.25, 0.3) is 0 Å². The van der Waals surface area contributed by atoms with Gasteiger partial charge in [-0.2, -0.15) is 0 Å². The highest BCUT2D eigenvalue weighted by Gasteiger charge is 2.28. The fourth-order valence-corrected chi connectivity index (χ4v) is 3.87. The van der Waals surface area contributed by atoms with Crippen molar-refractivity contribution in [3.63, 3.8) is 0 Å². The number of nitrogens with one attached hydrogen (secondary N) is 2. The molecule has 0 saturated carbocycles. The van der Waals surface area contributed by atoms with E-state index in [1.165, 1.54) is 4.88 Å². The molecule has 1 aliphatic rings. The van der Waals surface area contributed by atoms with E-state index < -0.39 is 0 Å². The first-order valence-corrected chi connectivity index (χ1v) is 8.61. The van der Waals surface area contributed by atoms with Crippen molar-refractivity contribution < 1.29 is 4.79 Å². The molecule has 2 rings (SSSR count). The summed E-state index contributed by atoms with van der Waals surface area (Å²) in [5.41, 5.74) is 0.0566. The first kappa shape index (κ1) is 15.9. The zero-order valence-corrected chi connectivity index (χ0v) is 14.4. The van der Waals surface area contributed by atoms with Gasteiger partial charge in [0.25, 0.3) is 0 Å². The van der Waals surface area contributed by atoms with Gasteiger partial charge in [0.1, 0.15) is 0 Å². The highest BCUT2D eigenvalue weighted by atomic mass is 79.9. The van der Waals surface area contributed by atoms with Crippen molar-refractivity contribution in [3.05, 3.63) is 20.8 Å². The Morgan fingerprint density at radius 1 is 1.60 bits per heavy atom. The van der Waals surface area contributed by atoms with E-state index in [2.05, 4.69) is 39.6 Å². The normalized spacial score (nSPS) is 22.1. The number of likely N-dealkylation sites (N-methyl/N-ethyl adjacent to an activating group) is 1. The second-order valence-electron chi connectivity index (χ2n) is 5.45. The zero-order chi connectivity index (χ0) is 14.6. The van der Waals surface area contributed by atoms with Crippen LogP contribution in [0.3, 0.4) is 0 Å². The molecule has 1 unspecified atom stereocenters. The van der Waals surface area contributed by atoms with Crippen LogP contribution in [0.5, 0.6) is 0 Å². The fourth-order valence-electron chi connectivity index (χ4n) is 2.37. The standard InChI is InChI=1S/C14H22BrN3OS/c1-3-18(9-11-4-5-12(15)20-11)13(19)8-17-14(2)6-7-16-10-14/h4-5,16-17H,3,6-10H2,1-2H3. The van der Waals surface area contributed by atoms with Gasteiger partial charge in [-0.3, -0.25) is 4.79 Å². The second kappa shape index (κ2) is 7.02. The molecule has 1 fully saturated rings. The van der Waals surface area contributed by atoms with Crippen LogP contribution in [-0.2, 0) is 11.3 Å². The number of thiophene rings is 1. The Morgan fingerprint density at radius 3 is 2.95 bits per heavy atom. The summed E-state index contributed by atoms with van der Waals surface area (Å²) in [6, 6.07) is 4.10. The lowest BCUT2D eigenvalue weighted by Crippen LogP contribution is -2.49. The van der Waals surface area contributed by atoms with Crippen LogP contribution in [-0.4, -0.2) is 42.5 Å². The lowest BCUT2D eigenvalue weighted by Gasteiger charge is -2.27. The summed E-state index contributed by atoms with van der Waals surface area (Å²) in [5.74, 6) is 0.171. The Morgan fingerprint density at radius 2 is 2.40 bits per heavy atom. The SMILES string of the molecule is CCN(Cc1ccc(Br)s1)C(=O)CNC1(C)CCNC1. The van der Waals surface area contributed by atoms with Crippen molar-refractivity contribution in [2.45, 2.75) is 32.4 Å². The Kier molecular flexibility index (Phi) is 5.60. The average Bonchev–Trinajstić information content (AvgIpc) is 3.03. The molecule has 4 nitrogen and oxygen atoms in total. The van der Waals surface area contributed by atoms with Crippen molar-refractivity contribution in [1.82, 2.24) is 15.5 Å². The first-order valence-electron chi connectivity index (χ1n) is 7.00. The Balaban J connectivity index is 1.85. The molecular weight excluding hydrogens is 338 g/mol. The minimum atomic E-state index is 0.0566. The number of carbonyl (C=O) groups is 1. The Hall–Kier alpha value is -0.430. The third kappa shape index (κ3) is 4.28. The quantitative estimate of drug-likeness (QED) is 0.818. The molecule has 0 aliphatic carbocycles. The van der Waals surface area contributed by atoms with Crippen molar-refractivity contribution >= 4 is 33.2 Å². The Bertz CT molecular complexity index is 457. The predicted octanol–water partition coefficient (Wildman–Crippen LogP) is 2.20. The number of hydrogen-bond donors (Lipinski definition) is 2. The minimum Gasteiger partial charge on any atom is -0.337 e. The molecule has 0 aromatic carbocycles. The van der Waals surface area contributed by atoms with Gasteiger partial charge in [-0.25, -0.2) is 0 Å². The molecule has 20 heavy (non-hydrogen) atoms. The van der Waals surface area contributed by atoms with Crippen LogP contribution in [0, 0.1) is 0 Å². The largest absolute Gasteiger partial charge is 0.337 e. The smallest absolute Gasteiger partial charge is 0.236 e. The summed E-state index contributed by atoms with van der Waals surface area (Å²) < 4.78 is 1.11. The maximum absolute atomic E-state index is 12.3. The van der Waals surface area contributed by atoms with Crippen molar-refractivity contribution in [2.24, 2.45) is 0 Å². The van der Waals surface area contributed by atoms with Gasteiger partial charge in [0.05, 0.1) is 16.9 Å². The maximum atomic E-state index is 12.3. The number of halogens is 1. The third-order valence-electron chi connectivity index (χ3n) is 3.75. The van der Waals surface area contributed by atoms with Gasteiger partial charge in [0, 0.05) is 23.5 Å². The summed E-state index contributed by atoms with van der Waals surface area (Å²) in [4.78, 5) is 15.4. The summed E-state index contributed by atoms with van der Waals surface area (Å²) in [6.45, 7) is 8.01. The van der Waals surface area contributed by atoms with E-state index in [1.807, 2.05) is 17.9 Å². The topological polar surface area (TPSA) is 44.4 Å². The molecule has 1 aromatic heterocycles. The van der Waals surface area contributed by atoms with Gasteiger partial charge >= 0.3 is 0 Å². The number of nitrogens with zero attached hydrogens (tertiary/aromatic N) is 1. The molecule has 2 N–H and O–H groups in total. The molecule has 0 spiro atoms. The number of rotatable bonds is 6. The van der Waals surface area contributed by atoms with Crippen LogP contribution in [0.1, 0.15) is 25.1 Å². The van der Waals surface area contributed by atoms with E-state index in [1.54, 1.807) is 11.3 Å². The van der Waals surface area contributed by atoms with E-state index in [-0.39, 0.29) is 11.4 Å². The van der Waals surface area contributed by atoms with Crippen molar-refractivity contribution in [1.29, 1.82) is 0 Å². The number of carbonyl (C=O) groups excluding carboxylic acids is 1. The van der Waals surface area contributed by atoms with Gasteiger partial charge in [-0.05, 0) is 54.9 Å². The van der Waals surface area contributed by atoms with Crippen LogP contribution < -0.4 is 10.6 Å². The van der Waals surface area contributed by atoms with Crippen molar-refractivity contribution in [2.75, 3.05) is 26.2 Å². The summed E-state index contributed by atoms with van der Waals surface area (Å²) >= 11 is 5.14. The van der Waals surface area contributed by atoms with Gasteiger partial charge in [-0.1, -0.05) is 0 Å². The van der Waals surface area contributed by atoms with E-state index in [4.69, 9.17) is 0 Å². The van der Waals surface area contributed by atoms with Gasteiger partial charge in [-0.15, -0.1) is 11.3 Å². The van der Waals surface area contributed by atoms with Crippen LogP contribution in [0.15, 0.2) is 15.9 Å². The molecular formula is C14H22BrN3OS. The molecule has 2 heterocycles. The predicted molar refractivity (Wildman–Crippen MR) is 87.0 cm³/mol. The first-order chi connectivity index (χ1) is 9.52. The minimum absolute atomic E-state index is 0.0566. The fraction of sp³-hybridized carbons (Fsp3) is 0.643. The monoisotopic (exact) mass is 359 g/mol. The number of hydrogen-bond acceptors (Lipinski definition) is 4. The van der Waals surface area contributed by atoms with E-state index in [0.717, 1.165) is 29.8 Å². The summed E-state index contributed by atoms with van der Waals surface area (Å²) in [7, 11) is 0. The molecule has 1 aromatic rings. The van der Waals surface area contributed by atoms with E-state index >= 15 is 0 Å². The highest BCUT2D eigenvalue weighted by molar-refractivity contribution is 9.11. The molecule has 1 amide bonds. The lowest BCUT2D eigenvalue weighted by molar-refractivity contribution is -0.130. The molecule has 0 radical (unpaired) electrons. The van der Waals surface area contributed by atoms with Gasteiger partial charge in [0.2, 0.25) is 5.91 Å². The van der Waals surface area contributed by atoms with E-state index in [9.17, 15) is 4.79 Å². The molecule has 112 valence electrons. The molecule has 6 heteroatoms. The van der Waals surface area contributed by atoms with E-state index in [0.29, 0.717) is 13.1 Å². The molecule has 1 aliphatic heterocycles. The highest BCUT2D eigenvalue weighted by Crippen LogP contribution is 2.23. The average molecular weight is 360 g/mol. The Labute approximate surface area is 133 Å². The summed E-state index contributed by atoms with van der Waals surface area (Å²) in [6.07, 6.45) is 1.07. The third-order valence-corrected chi connectivity index (χ3v) is 5.35. The second-order valence-corrected chi connectivity index (χ2v) is 8.00. The van der Waals surface area contributed by atoms with Crippen LogP contribution in [0.4, 0.5) is 0 Å². The number of amides is 1. The molecule has 1 atom stereocenters. The van der Waals surface area contributed by atoms with Crippen LogP contribution in [0.2, 0.25) is 0 Å². The molecule has 1 saturated heterocycles. The maximum Gasteiger partial charge on any atom is 0.236 e. The summed E-state index contributed by atoms with van der Waals surface area (Å²) in [5, 5.41) is 6.74. The van der Waals surface area contributed by atoms with Crippen molar-refractivity contribution in [3.8, 4) is 0 Å². The van der Waals surface area contributed by atoms with Gasteiger partial charge < -0.3 is 15.5 Å².